The monoisotopic (exact) mass is 383 g/mol. The Labute approximate surface area is 153 Å². The molecule has 7 heteroatoms. The van der Waals surface area contributed by atoms with Gasteiger partial charge >= 0.3 is 6.18 Å². The molecule has 2 nitrogen and oxygen atoms in total. The number of hydrogen-bond donors (Lipinski definition) is 0. The van der Waals surface area contributed by atoms with E-state index in [9.17, 15) is 22.4 Å². The summed E-state index contributed by atoms with van der Waals surface area (Å²) in [6, 6.07) is 11.0. The van der Waals surface area contributed by atoms with E-state index in [2.05, 4.69) is 0 Å². The summed E-state index contributed by atoms with van der Waals surface area (Å²) in [5, 5.41) is -0.0736. The maximum absolute atomic E-state index is 14.0. The molecule has 1 aliphatic heterocycles. The largest absolute Gasteiger partial charge is 0.416 e. The highest BCUT2D eigenvalue weighted by Crippen LogP contribution is 2.36. The van der Waals surface area contributed by atoms with Crippen LogP contribution < -0.4 is 0 Å². The van der Waals surface area contributed by atoms with Crippen molar-refractivity contribution in [3.63, 3.8) is 0 Å². The molecule has 138 valence electrons. The van der Waals surface area contributed by atoms with Crippen LogP contribution in [0, 0.1) is 5.82 Å². The van der Waals surface area contributed by atoms with Crippen molar-refractivity contribution < 1.29 is 22.4 Å². The average molecular weight is 383 g/mol. The maximum Gasteiger partial charge on any atom is 0.416 e. The van der Waals surface area contributed by atoms with E-state index in [0.29, 0.717) is 30.8 Å². The first-order chi connectivity index (χ1) is 12.4. The second-order valence-electron chi connectivity index (χ2n) is 6.04. The standard InChI is InChI=1S/C19H17F4NOS/c20-16-7-2-1-6-15(16)17-8-9-24(10-11-26-17)18(25)13-4-3-5-14(12-13)19(21,22)23/h1-7,12,17H,8-11H2/t17-/m1/s1. The summed E-state index contributed by atoms with van der Waals surface area (Å²) in [4.78, 5) is 14.2. The predicted octanol–water partition coefficient (Wildman–Crippen LogP) is 5.16. The minimum absolute atomic E-state index is 0.0224. The van der Waals surface area contributed by atoms with E-state index in [1.54, 1.807) is 34.9 Å². The molecular weight excluding hydrogens is 366 g/mol. The van der Waals surface area contributed by atoms with E-state index in [0.717, 1.165) is 12.1 Å². The number of carbonyl (C=O) groups excluding carboxylic acids is 1. The Morgan fingerprint density at radius 1 is 1.08 bits per heavy atom. The van der Waals surface area contributed by atoms with Crippen LogP contribution in [0.25, 0.3) is 0 Å². The van der Waals surface area contributed by atoms with Crippen molar-refractivity contribution in [2.45, 2.75) is 17.8 Å². The minimum Gasteiger partial charge on any atom is -0.338 e. The SMILES string of the molecule is O=C(c1cccc(C(F)(F)F)c1)N1CCS[C@@H](c2ccccc2F)CC1. The van der Waals surface area contributed by atoms with Crippen molar-refractivity contribution in [2.75, 3.05) is 18.8 Å². The Balaban J connectivity index is 1.73. The first kappa shape index (κ1) is 18.8. The molecule has 1 atom stereocenters. The molecule has 1 heterocycles. The Bertz CT molecular complexity index is 793. The topological polar surface area (TPSA) is 20.3 Å². The normalized spacial score (nSPS) is 18.5. The van der Waals surface area contributed by atoms with Gasteiger partial charge in [-0.2, -0.15) is 24.9 Å². The highest BCUT2D eigenvalue weighted by Gasteiger charge is 2.31. The fraction of sp³-hybridized carbons (Fsp3) is 0.316. The van der Waals surface area contributed by atoms with Gasteiger partial charge < -0.3 is 4.90 Å². The first-order valence-electron chi connectivity index (χ1n) is 8.19. The Kier molecular flexibility index (Phi) is 5.55. The molecule has 0 saturated carbocycles. The zero-order chi connectivity index (χ0) is 18.7. The third kappa shape index (κ3) is 4.20. The minimum atomic E-state index is -4.49. The lowest BCUT2D eigenvalue weighted by Crippen LogP contribution is -2.33. The summed E-state index contributed by atoms with van der Waals surface area (Å²) < 4.78 is 52.5. The van der Waals surface area contributed by atoms with E-state index >= 15 is 0 Å². The van der Waals surface area contributed by atoms with Crippen molar-refractivity contribution in [3.8, 4) is 0 Å². The Morgan fingerprint density at radius 3 is 2.58 bits per heavy atom. The summed E-state index contributed by atoms with van der Waals surface area (Å²) in [6.45, 7) is 0.797. The van der Waals surface area contributed by atoms with Gasteiger partial charge in [0.1, 0.15) is 5.82 Å². The molecule has 0 aromatic heterocycles. The third-order valence-corrected chi connectivity index (χ3v) is 5.63. The Morgan fingerprint density at radius 2 is 1.85 bits per heavy atom. The zero-order valence-corrected chi connectivity index (χ0v) is 14.6. The smallest absolute Gasteiger partial charge is 0.338 e. The number of thioether (sulfide) groups is 1. The second kappa shape index (κ2) is 7.70. The lowest BCUT2D eigenvalue weighted by Gasteiger charge is -2.21. The molecule has 0 radical (unpaired) electrons. The van der Waals surface area contributed by atoms with E-state index < -0.39 is 17.6 Å². The lowest BCUT2D eigenvalue weighted by atomic mass is 10.1. The summed E-state index contributed by atoms with van der Waals surface area (Å²) in [5.41, 5.74) is -0.211. The molecule has 0 N–H and O–H groups in total. The van der Waals surface area contributed by atoms with Crippen molar-refractivity contribution in [1.82, 2.24) is 4.90 Å². The highest BCUT2D eigenvalue weighted by atomic mass is 32.2. The molecule has 0 spiro atoms. The van der Waals surface area contributed by atoms with Gasteiger partial charge in [0.05, 0.1) is 5.56 Å². The molecule has 3 rings (SSSR count). The van der Waals surface area contributed by atoms with Gasteiger partial charge in [-0.15, -0.1) is 0 Å². The molecule has 0 bridgehead atoms. The Hall–Kier alpha value is -2.02. The molecule has 1 fully saturated rings. The molecule has 2 aromatic rings. The van der Waals surface area contributed by atoms with Gasteiger partial charge in [-0.3, -0.25) is 4.79 Å². The average Bonchev–Trinajstić information content (AvgIpc) is 2.87. The summed E-state index contributed by atoms with van der Waals surface area (Å²) >= 11 is 1.56. The number of halogens is 4. The summed E-state index contributed by atoms with van der Waals surface area (Å²) in [5.74, 6) is -0.0995. The molecule has 1 saturated heterocycles. The number of hydrogen-bond acceptors (Lipinski definition) is 2. The maximum atomic E-state index is 14.0. The number of benzene rings is 2. The van der Waals surface area contributed by atoms with Gasteiger partial charge in [-0.25, -0.2) is 4.39 Å². The van der Waals surface area contributed by atoms with Crippen LogP contribution in [0.5, 0.6) is 0 Å². The molecule has 2 aromatic carbocycles. The fourth-order valence-corrected chi connectivity index (χ4v) is 4.22. The lowest BCUT2D eigenvalue weighted by molar-refractivity contribution is -0.137. The van der Waals surface area contributed by atoms with Crippen molar-refractivity contribution in [1.29, 1.82) is 0 Å². The number of carbonyl (C=O) groups is 1. The van der Waals surface area contributed by atoms with Crippen LogP contribution >= 0.6 is 11.8 Å². The van der Waals surface area contributed by atoms with Crippen molar-refractivity contribution in [3.05, 3.63) is 71.0 Å². The van der Waals surface area contributed by atoms with Gasteiger partial charge in [-0.1, -0.05) is 24.3 Å². The van der Waals surface area contributed by atoms with Crippen LogP contribution in [0.2, 0.25) is 0 Å². The van der Waals surface area contributed by atoms with Gasteiger partial charge in [0, 0.05) is 35.2 Å². The van der Waals surface area contributed by atoms with E-state index in [1.165, 1.54) is 18.2 Å². The first-order valence-corrected chi connectivity index (χ1v) is 9.23. The van der Waals surface area contributed by atoms with Gasteiger partial charge in [0.15, 0.2) is 0 Å². The van der Waals surface area contributed by atoms with Gasteiger partial charge in [0.25, 0.3) is 5.91 Å². The number of amides is 1. The number of alkyl halides is 3. The zero-order valence-electron chi connectivity index (χ0n) is 13.8. The molecule has 0 unspecified atom stereocenters. The van der Waals surface area contributed by atoms with Crippen LogP contribution in [0.4, 0.5) is 17.6 Å². The number of nitrogens with zero attached hydrogens (tertiary/aromatic N) is 1. The third-order valence-electron chi connectivity index (χ3n) is 4.32. The van der Waals surface area contributed by atoms with Crippen LogP contribution in [0.3, 0.4) is 0 Å². The quantitative estimate of drug-likeness (QED) is 0.668. The highest BCUT2D eigenvalue weighted by molar-refractivity contribution is 7.99. The molecule has 1 aliphatic rings. The van der Waals surface area contributed by atoms with Crippen LogP contribution in [0.1, 0.15) is 33.2 Å². The fourth-order valence-electron chi connectivity index (χ4n) is 2.97. The van der Waals surface area contributed by atoms with Crippen LogP contribution in [-0.2, 0) is 6.18 Å². The van der Waals surface area contributed by atoms with Crippen molar-refractivity contribution in [2.24, 2.45) is 0 Å². The van der Waals surface area contributed by atoms with Gasteiger partial charge in [-0.05, 0) is 30.7 Å². The molecular formula is C19H17F4NOS. The van der Waals surface area contributed by atoms with E-state index in [4.69, 9.17) is 0 Å². The summed E-state index contributed by atoms with van der Waals surface area (Å²) in [7, 11) is 0. The van der Waals surface area contributed by atoms with E-state index in [1.807, 2.05) is 0 Å². The predicted molar refractivity (Wildman–Crippen MR) is 93.6 cm³/mol. The molecule has 0 aliphatic carbocycles. The molecule has 26 heavy (non-hydrogen) atoms. The summed E-state index contributed by atoms with van der Waals surface area (Å²) in [6.07, 6.45) is -3.93. The second-order valence-corrected chi connectivity index (χ2v) is 7.35. The number of rotatable bonds is 2. The van der Waals surface area contributed by atoms with Crippen LogP contribution in [-0.4, -0.2) is 29.6 Å². The van der Waals surface area contributed by atoms with Crippen LogP contribution in [0.15, 0.2) is 48.5 Å². The molecule has 1 amide bonds. The van der Waals surface area contributed by atoms with E-state index in [-0.39, 0.29) is 16.6 Å². The van der Waals surface area contributed by atoms with Gasteiger partial charge in [0.2, 0.25) is 0 Å². The van der Waals surface area contributed by atoms with Crippen molar-refractivity contribution >= 4 is 17.7 Å².